The molecule has 1 rings (SSSR count). The summed E-state index contributed by atoms with van der Waals surface area (Å²) in [6.45, 7) is 7.72. The monoisotopic (exact) mass is 159 g/mol. The molecule has 0 unspecified atom stereocenters. The summed E-state index contributed by atoms with van der Waals surface area (Å²) in [6, 6.07) is 0. The largest absolute Gasteiger partial charge is 0.389 e. The molecule has 0 aromatic rings. The van der Waals surface area contributed by atoms with E-state index in [1.807, 2.05) is 13.8 Å². The van der Waals surface area contributed by atoms with Crippen LogP contribution in [0.15, 0.2) is 0 Å². The van der Waals surface area contributed by atoms with E-state index in [9.17, 15) is 5.11 Å². The van der Waals surface area contributed by atoms with E-state index in [0.29, 0.717) is 6.54 Å². The lowest BCUT2D eigenvalue weighted by atomic mass is 10.1. The lowest BCUT2D eigenvalue weighted by Crippen LogP contribution is -2.48. The molecule has 1 aliphatic rings. The average Bonchev–Trinajstić information content (AvgIpc) is 1.91. The van der Waals surface area contributed by atoms with Crippen LogP contribution in [0.4, 0.5) is 0 Å². The molecule has 0 spiro atoms. The number of piperazine rings is 1. The number of aliphatic hydroxyl groups is 1. The van der Waals surface area contributed by atoms with Gasteiger partial charge < -0.3 is 10.4 Å². The van der Waals surface area contributed by atoms with Gasteiger partial charge in [-0.15, -0.1) is 0 Å². The van der Waals surface area contributed by atoms with Gasteiger partial charge in [-0.2, -0.15) is 0 Å². The van der Waals surface area contributed by atoms with Crippen molar-refractivity contribution in [3.8, 4) is 0 Å². The number of hydrogen-bond donors (Lipinski definition) is 2. The molecule has 0 atom stereocenters. The number of nitrogens with zero attached hydrogens (tertiary/aromatic N) is 1. The molecule has 1 fully saturated rings. The van der Waals surface area contributed by atoms with Crippen LogP contribution in [0.5, 0.6) is 0 Å². The van der Waals surface area contributed by atoms with Crippen LogP contribution in [0, 0.1) is 0 Å². The van der Waals surface area contributed by atoms with Crippen molar-refractivity contribution in [3.63, 3.8) is 0 Å². The van der Waals surface area contributed by atoms with E-state index in [-0.39, 0.29) is 0 Å². The lowest BCUT2D eigenvalue weighted by molar-refractivity contribution is 0.0325. The van der Waals surface area contributed by atoms with Crippen molar-refractivity contribution in [1.82, 2.24) is 10.2 Å². The molecular formula is C8H18N2O. The Morgan fingerprint density at radius 2 is 2.09 bits per heavy atom. The van der Waals surface area contributed by atoms with Crippen molar-refractivity contribution in [2.24, 2.45) is 0 Å². The molecule has 1 saturated heterocycles. The number of hydrogen-bond acceptors (Lipinski definition) is 3. The van der Waals surface area contributed by atoms with E-state index >= 15 is 0 Å². The Hall–Kier alpha value is -0.120. The minimum absolute atomic E-state index is 0.607. The topological polar surface area (TPSA) is 35.5 Å². The Labute approximate surface area is 69.9 Å². The molecule has 0 bridgehead atoms. The van der Waals surface area contributed by atoms with Crippen LogP contribution in [0.2, 0.25) is 1.41 Å². The van der Waals surface area contributed by atoms with Crippen LogP contribution in [-0.4, -0.2) is 48.3 Å². The van der Waals surface area contributed by atoms with Gasteiger partial charge in [-0.05, 0) is 13.8 Å². The van der Waals surface area contributed by atoms with Gasteiger partial charge in [0, 0.05) is 32.7 Å². The third-order valence-electron chi connectivity index (χ3n) is 1.76. The second-order valence-electron chi connectivity index (χ2n) is 3.76. The first-order valence-corrected chi connectivity index (χ1v) is 4.16. The van der Waals surface area contributed by atoms with Gasteiger partial charge in [-0.1, -0.05) is 0 Å². The third-order valence-corrected chi connectivity index (χ3v) is 1.76. The quantitative estimate of drug-likeness (QED) is 0.579. The molecule has 0 radical (unpaired) electrons. The van der Waals surface area contributed by atoms with Gasteiger partial charge >= 0.3 is 0 Å². The molecule has 0 aliphatic carbocycles. The highest BCUT2D eigenvalue weighted by molar-refractivity contribution is 4.75. The first kappa shape index (κ1) is 7.53. The van der Waals surface area contributed by atoms with Gasteiger partial charge in [-0.25, -0.2) is 0 Å². The second kappa shape index (κ2) is 3.52. The molecule has 2 N–H and O–H groups in total. The predicted octanol–water partition coefficient (Wildman–Crippen LogP) is -0.337. The van der Waals surface area contributed by atoms with Crippen molar-refractivity contribution in [3.05, 3.63) is 0 Å². The molecule has 3 nitrogen and oxygen atoms in total. The summed E-state index contributed by atoms with van der Waals surface area (Å²) in [5.41, 5.74) is -0.607. The van der Waals surface area contributed by atoms with E-state index in [4.69, 9.17) is 1.41 Å². The van der Waals surface area contributed by atoms with Crippen LogP contribution in [0.25, 0.3) is 0 Å². The maximum Gasteiger partial charge on any atom is 0.122 e. The molecular weight excluding hydrogens is 140 g/mol. The molecule has 0 amide bonds. The zero-order chi connectivity index (χ0) is 9.19. The van der Waals surface area contributed by atoms with Crippen molar-refractivity contribution in [2.75, 3.05) is 32.7 Å². The molecule has 1 heterocycles. The van der Waals surface area contributed by atoms with Crippen LogP contribution < -0.4 is 5.31 Å². The third kappa shape index (κ3) is 3.70. The zero-order valence-corrected chi connectivity index (χ0v) is 7.38. The van der Waals surface area contributed by atoms with E-state index in [2.05, 4.69) is 4.90 Å². The molecule has 0 aromatic carbocycles. The highest BCUT2D eigenvalue weighted by atomic mass is 16.3. The van der Waals surface area contributed by atoms with Gasteiger partial charge in [-0.3, -0.25) is 4.90 Å². The van der Waals surface area contributed by atoms with E-state index in [1.165, 1.54) is 0 Å². The fourth-order valence-electron chi connectivity index (χ4n) is 1.35. The second-order valence-corrected chi connectivity index (χ2v) is 3.76. The zero-order valence-electron chi connectivity index (χ0n) is 8.38. The lowest BCUT2D eigenvalue weighted by Gasteiger charge is -2.32. The SMILES string of the molecule is [2H]N1CCN(CC(C)(C)O)CC1. The van der Waals surface area contributed by atoms with Crippen molar-refractivity contribution in [2.45, 2.75) is 19.4 Å². The van der Waals surface area contributed by atoms with Gasteiger partial charge in [0.2, 0.25) is 0 Å². The van der Waals surface area contributed by atoms with Crippen molar-refractivity contribution in [1.29, 1.82) is 0 Å². The Bertz CT molecular complexity index is 138. The number of rotatable bonds is 2. The fraction of sp³-hybridized carbons (Fsp3) is 1.00. The molecule has 66 valence electrons. The normalized spacial score (nSPS) is 25.2. The van der Waals surface area contributed by atoms with Crippen LogP contribution in [-0.2, 0) is 0 Å². The standard InChI is InChI=1S/C8H18N2O/c1-8(2,11)7-10-5-3-9-4-6-10/h9,11H,3-7H2,1-2H3/i/hD. The Kier molecular flexibility index (Phi) is 2.41. The Morgan fingerprint density at radius 1 is 1.55 bits per heavy atom. The Balaban J connectivity index is 2.26. The number of nitrogens with one attached hydrogen (secondary N) is 1. The maximum atomic E-state index is 9.53. The predicted molar refractivity (Wildman–Crippen MR) is 45.6 cm³/mol. The van der Waals surface area contributed by atoms with Gasteiger partial charge in [0.25, 0.3) is 0 Å². The summed E-state index contributed by atoms with van der Waals surface area (Å²) in [6.07, 6.45) is 0. The van der Waals surface area contributed by atoms with Gasteiger partial charge in [0.05, 0.1) is 5.60 Å². The number of β-amino-alcohol motifs (C(OH)–C–C–N with tert-alkyl or cyclic N) is 1. The first-order valence-electron chi connectivity index (χ1n) is 4.61. The Morgan fingerprint density at radius 3 is 2.55 bits per heavy atom. The molecule has 0 saturated carbocycles. The smallest absolute Gasteiger partial charge is 0.122 e. The fourth-order valence-corrected chi connectivity index (χ4v) is 1.35. The highest BCUT2D eigenvalue weighted by Crippen LogP contribution is 2.04. The summed E-state index contributed by atoms with van der Waals surface area (Å²) in [7, 11) is 0. The summed E-state index contributed by atoms with van der Waals surface area (Å²) in [5.74, 6) is 0. The van der Waals surface area contributed by atoms with Crippen molar-refractivity contribution >= 4 is 0 Å². The van der Waals surface area contributed by atoms with Gasteiger partial charge in [0.15, 0.2) is 0 Å². The van der Waals surface area contributed by atoms with Gasteiger partial charge in [0.1, 0.15) is 1.41 Å². The van der Waals surface area contributed by atoms with Crippen LogP contribution in [0.3, 0.4) is 0 Å². The summed E-state index contributed by atoms with van der Waals surface area (Å²) < 4.78 is 7.34. The first-order chi connectivity index (χ1) is 5.47. The molecule has 3 heteroatoms. The van der Waals surface area contributed by atoms with E-state index in [1.54, 1.807) is 5.31 Å². The maximum absolute atomic E-state index is 9.53. The minimum Gasteiger partial charge on any atom is -0.389 e. The van der Waals surface area contributed by atoms with E-state index in [0.717, 1.165) is 26.2 Å². The summed E-state index contributed by atoms with van der Waals surface area (Å²) in [5, 5.41) is 11.1. The summed E-state index contributed by atoms with van der Waals surface area (Å²) in [4.78, 5) is 2.20. The van der Waals surface area contributed by atoms with Crippen molar-refractivity contribution < 1.29 is 6.52 Å². The molecule has 1 aliphatic heterocycles. The summed E-state index contributed by atoms with van der Waals surface area (Å²) >= 11 is 0. The average molecular weight is 159 g/mol. The van der Waals surface area contributed by atoms with Crippen LogP contribution >= 0.6 is 0 Å². The molecule has 11 heavy (non-hydrogen) atoms. The molecule has 0 aromatic heterocycles. The highest BCUT2D eigenvalue weighted by Gasteiger charge is 2.18. The van der Waals surface area contributed by atoms with E-state index < -0.39 is 5.60 Å². The minimum atomic E-state index is -0.607. The van der Waals surface area contributed by atoms with Crippen LogP contribution in [0.1, 0.15) is 13.8 Å².